The van der Waals surface area contributed by atoms with Crippen LogP contribution in [-0.2, 0) is 0 Å². The van der Waals surface area contributed by atoms with E-state index in [4.69, 9.17) is 10.5 Å². The largest absolute Gasteiger partial charge is 0.410 e. The summed E-state index contributed by atoms with van der Waals surface area (Å²) in [5.41, 5.74) is 8.60. The molecule has 1 aliphatic heterocycles. The van der Waals surface area contributed by atoms with E-state index >= 15 is 0 Å². The number of benzene rings is 2. The van der Waals surface area contributed by atoms with E-state index in [1.807, 2.05) is 31.3 Å². The zero-order chi connectivity index (χ0) is 18.4. The van der Waals surface area contributed by atoms with Crippen molar-refractivity contribution in [2.45, 2.75) is 18.8 Å². The molecule has 5 heteroatoms. The number of likely N-dealkylation sites (tertiary alicyclic amines) is 1. The number of ether oxygens (including phenoxy) is 1. The number of hydrogen-bond donors (Lipinski definition) is 2. The van der Waals surface area contributed by atoms with Crippen molar-refractivity contribution in [1.29, 1.82) is 0 Å². The van der Waals surface area contributed by atoms with Crippen LogP contribution in [0, 0.1) is 0 Å². The first-order chi connectivity index (χ1) is 12.7. The molecule has 1 aliphatic rings. The molecule has 0 aliphatic carbocycles. The van der Waals surface area contributed by atoms with Gasteiger partial charge in [-0.1, -0.05) is 42.5 Å². The number of para-hydroxylation sites is 1. The number of nitrogens with one attached hydrogen (secondary N) is 1. The lowest BCUT2D eigenvalue weighted by molar-refractivity contribution is 0.211. The van der Waals surface area contributed by atoms with Gasteiger partial charge in [0.1, 0.15) is 5.75 Å². The van der Waals surface area contributed by atoms with Crippen LogP contribution in [0.2, 0.25) is 0 Å². The average Bonchev–Trinajstić information content (AvgIpc) is 2.67. The van der Waals surface area contributed by atoms with E-state index in [1.165, 1.54) is 5.56 Å². The lowest BCUT2D eigenvalue weighted by Gasteiger charge is -2.33. The molecular weight excluding hydrogens is 326 g/mol. The number of primary amides is 1. The van der Waals surface area contributed by atoms with Crippen molar-refractivity contribution in [2.24, 2.45) is 5.73 Å². The summed E-state index contributed by atoms with van der Waals surface area (Å²) in [5.74, 6) is 1.03. The van der Waals surface area contributed by atoms with Gasteiger partial charge in [-0.2, -0.15) is 0 Å². The van der Waals surface area contributed by atoms with Gasteiger partial charge in [-0.25, -0.2) is 4.79 Å². The van der Waals surface area contributed by atoms with Gasteiger partial charge in [0.15, 0.2) is 0 Å². The van der Waals surface area contributed by atoms with Crippen LogP contribution in [0.1, 0.15) is 24.3 Å². The van der Waals surface area contributed by atoms with Gasteiger partial charge in [0.2, 0.25) is 0 Å². The average molecular weight is 353 g/mol. The van der Waals surface area contributed by atoms with Gasteiger partial charge < -0.3 is 20.7 Å². The summed E-state index contributed by atoms with van der Waals surface area (Å²) in [6.45, 7) is 4.35. The van der Waals surface area contributed by atoms with Gasteiger partial charge in [-0.15, -0.1) is 0 Å². The maximum Gasteiger partial charge on any atom is 0.409 e. The Hall–Kier alpha value is -2.37. The molecule has 138 valence electrons. The topological polar surface area (TPSA) is 67.6 Å². The summed E-state index contributed by atoms with van der Waals surface area (Å²) in [7, 11) is 1.99. The van der Waals surface area contributed by atoms with E-state index in [9.17, 15) is 4.79 Å². The van der Waals surface area contributed by atoms with Gasteiger partial charge in [0.25, 0.3) is 0 Å². The Morgan fingerprint density at radius 1 is 1.12 bits per heavy atom. The highest BCUT2D eigenvalue weighted by Crippen LogP contribution is 2.38. The number of nitrogens with zero attached hydrogens (tertiary/aromatic N) is 1. The fraction of sp³-hybridized carbons (Fsp3) is 0.381. The number of nitrogens with two attached hydrogens (primary N) is 1. The number of likely N-dealkylation sites (N-methyl/N-ethyl adjacent to an activating group) is 1. The molecule has 3 rings (SSSR count). The molecule has 0 radical (unpaired) electrons. The molecule has 26 heavy (non-hydrogen) atoms. The Morgan fingerprint density at radius 3 is 2.46 bits per heavy atom. The quantitative estimate of drug-likeness (QED) is 0.837. The number of rotatable bonds is 6. The molecule has 0 aromatic heterocycles. The van der Waals surface area contributed by atoms with Crippen LogP contribution in [0.25, 0.3) is 11.1 Å². The molecule has 1 saturated heterocycles. The van der Waals surface area contributed by atoms with Crippen LogP contribution < -0.4 is 15.8 Å². The molecule has 1 amide bonds. The second kappa shape index (κ2) is 8.83. The number of amides is 1. The van der Waals surface area contributed by atoms with Gasteiger partial charge >= 0.3 is 6.09 Å². The first kappa shape index (κ1) is 18.4. The minimum Gasteiger partial charge on any atom is -0.410 e. The molecular formula is C21H27N3O2. The van der Waals surface area contributed by atoms with Crippen LogP contribution in [0.5, 0.6) is 5.75 Å². The minimum atomic E-state index is -0.784. The molecule has 2 aromatic rings. The molecule has 0 atom stereocenters. The fourth-order valence-electron chi connectivity index (χ4n) is 3.72. The highest BCUT2D eigenvalue weighted by atomic mass is 16.5. The van der Waals surface area contributed by atoms with Gasteiger partial charge in [-0.3, -0.25) is 0 Å². The first-order valence-electron chi connectivity index (χ1n) is 9.21. The Morgan fingerprint density at radius 2 is 1.77 bits per heavy atom. The van der Waals surface area contributed by atoms with Crippen LogP contribution in [0.3, 0.4) is 0 Å². The predicted octanol–water partition coefficient (Wildman–Crippen LogP) is 3.21. The van der Waals surface area contributed by atoms with Crippen molar-refractivity contribution in [3.05, 3.63) is 54.1 Å². The zero-order valence-electron chi connectivity index (χ0n) is 15.3. The summed E-state index contributed by atoms with van der Waals surface area (Å²) in [5, 5.41) is 3.22. The van der Waals surface area contributed by atoms with E-state index in [0.29, 0.717) is 11.7 Å². The van der Waals surface area contributed by atoms with Crippen LogP contribution >= 0.6 is 0 Å². The number of piperidine rings is 1. The SMILES string of the molecule is CNCCN1CCC(c2ccccc2-c2ccccc2OC(N)=O)CC1. The summed E-state index contributed by atoms with van der Waals surface area (Å²) in [6, 6.07) is 16.0. The molecule has 0 bridgehead atoms. The first-order valence-corrected chi connectivity index (χ1v) is 9.21. The molecule has 2 aromatic carbocycles. The Balaban J connectivity index is 1.83. The Bertz CT molecular complexity index is 740. The number of carbonyl (C=O) groups is 1. The van der Waals surface area contributed by atoms with Crippen LogP contribution in [0.15, 0.2) is 48.5 Å². The third-order valence-electron chi connectivity index (χ3n) is 5.05. The number of carbonyl (C=O) groups excluding carboxylic acids is 1. The Kier molecular flexibility index (Phi) is 6.26. The fourth-order valence-corrected chi connectivity index (χ4v) is 3.72. The van der Waals surface area contributed by atoms with E-state index in [1.54, 1.807) is 6.07 Å². The monoisotopic (exact) mass is 353 g/mol. The molecule has 0 saturated carbocycles. The lowest BCUT2D eigenvalue weighted by atomic mass is 9.84. The van der Waals surface area contributed by atoms with Crippen molar-refractivity contribution in [3.8, 4) is 16.9 Å². The normalized spacial score (nSPS) is 15.7. The van der Waals surface area contributed by atoms with Crippen molar-refractivity contribution < 1.29 is 9.53 Å². The van der Waals surface area contributed by atoms with Gasteiger partial charge in [0.05, 0.1) is 0 Å². The second-order valence-corrected chi connectivity index (χ2v) is 6.72. The third kappa shape index (κ3) is 4.42. The van der Waals surface area contributed by atoms with Gasteiger partial charge in [-0.05, 0) is 56.1 Å². The van der Waals surface area contributed by atoms with Crippen molar-refractivity contribution in [2.75, 3.05) is 33.2 Å². The summed E-state index contributed by atoms with van der Waals surface area (Å²) in [6.07, 6.45) is 1.49. The molecule has 1 fully saturated rings. The van der Waals surface area contributed by atoms with Crippen LogP contribution in [-0.4, -0.2) is 44.2 Å². The summed E-state index contributed by atoms with van der Waals surface area (Å²) >= 11 is 0. The van der Waals surface area contributed by atoms with E-state index in [-0.39, 0.29) is 0 Å². The highest BCUT2D eigenvalue weighted by molar-refractivity contribution is 5.78. The van der Waals surface area contributed by atoms with Gasteiger partial charge in [0, 0.05) is 18.7 Å². The molecule has 5 nitrogen and oxygen atoms in total. The highest BCUT2D eigenvalue weighted by Gasteiger charge is 2.23. The van der Waals surface area contributed by atoms with E-state index in [0.717, 1.165) is 50.1 Å². The van der Waals surface area contributed by atoms with E-state index < -0.39 is 6.09 Å². The summed E-state index contributed by atoms with van der Waals surface area (Å²) < 4.78 is 5.23. The predicted molar refractivity (Wildman–Crippen MR) is 104 cm³/mol. The molecule has 0 spiro atoms. The third-order valence-corrected chi connectivity index (χ3v) is 5.05. The maximum atomic E-state index is 11.3. The standard InChI is InChI=1S/C21H27N3O2/c1-23-12-15-24-13-10-16(11-14-24)17-6-2-3-7-18(17)19-8-4-5-9-20(19)26-21(22)25/h2-9,16,23H,10-15H2,1H3,(H2,22,25). The van der Waals surface area contributed by atoms with Crippen LogP contribution in [0.4, 0.5) is 4.79 Å². The molecule has 3 N–H and O–H groups in total. The van der Waals surface area contributed by atoms with E-state index in [2.05, 4.69) is 28.4 Å². The lowest BCUT2D eigenvalue weighted by Crippen LogP contribution is -2.37. The van der Waals surface area contributed by atoms with Crippen molar-refractivity contribution in [1.82, 2.24) is 10.2 Å². The minimum absolute atomic E-state index is 0.513. The molecule has 0 unspecified atom stereocenters. The maximum absolute atomic E-state index is 11.3. The number of hydrogen-bond acceptors (Lipinski definition) is 4. The summed E-state index contributed by atoms with van der Waals surface area (Å²) in [4.78, 5) is 13.8. The Labute approximate surface area is 155 Å². The van der Waals surface area contributed by atoms with Crippen molar-refractivity contribution >= 4 is 6.09 Å². The molecule has 1 heterocycles. The zero-order valence-corrected chi connectivity index (χ0v) is 15.3. The second-order valence-electron chi connectivity index (χ2n) is 6.72. The smallest absolute Gasteiger partial charge is 0.409 e. The van der Waals surface area contributed by atoms with Crippen molar-refractivity contribution in [3.63, 3.8) is 0 Å².